The monoisotopic (exact) mass is 300 g/mol. The SMILES string of the molecule is CCc1cccnc1C(=O)Nc1ccc2[nH]ncc2c1Cl. The number of halogens is 1. The van der Waals surface area contributed by atoms with Gasteiger partial charge in [-0.3, -0.25) is 14.9 Å². The Bertz CT molecular complexity index is 812. The minimum atomic E-state index is -0.266. The van der Waals surface area contributed by atoms with Crippen molar-refractivity contribution in [3.05, 3.63) is 52.9 Å². The van der Waals surface area contributed by atoms with Crippen LogP contribution < -0.4 is 5.32 Å². The number of aromatic amines is 1. The van der Waals surface area contributed by atoms with Gasteiger partial charge in [-0.1, -0.05) is 24.6 Å². The van der Waals surface area contributed by atoms with Gasteiger partial charge in [-0.25, -0.2) is 0 Å². The van der Waals surface area contributed by atoms with E-state index in [1.54, 1.807) is 18.5 Å². The van der Waals surface area contributed by atoms with E-state index in [0.717, 1.165) is 22.9 Å². The highest BCUT2D eigenvalue weighted by molar-refractivity contribution is 6.38. The molecule has 1 aromatic carbocycles. The molecule has 3 aromatic rings. The van der Waals surface area contributed by atoms with Crippen LogP contribution >= 0.6 is 11.6 Å². The molecule has 0 fully saturated rings. The second kappa shape index (κ2) is 5.54. The van der Waals surface area contributed by atoms with Crippen molar-refractivity contribution in [2.24, 2.45) is 0 Å². The van der Waals surface area contributed by atoms with Crippen LogP contribution in [0, 0.1) is 0 Å². The zero-order valence-electron chi connectivity index (χ0n) is 11.4. The van der Waals surface area contributed by atoms with Gasteiger partial charge in [0.15, 0.2) is 0 Å². The summed E-state index contributed by atoms with van der Waals surface area (Å²) in [5.74, 6) is -0.266. The normalized spacial score (nSPS) is 10.8. The lowest BCUT2D eigenvalue weighted by molar-refractivity contribution is 0.102. The number of hydrogen-bond acceptors (Lipinski definition) is 3. The minimum absolute atomic E-state index is 0.266. The van der Waals surface area contributed by atoms with Crippen LogP contribution in [0.15, 0.2) is 36.7 Å². The third-order valence-electron chi connectivity index (χ3n) is 3.29. The summed E-state index contributed by atoms with van der Waals surface area (Å²) in [4.78, 5) is 16.5. The average molecular weight is 301 g/mol. The van der Waals surface area contributed by atoms with Crippen LogP contribution in [0.4, 0.5) is 5.69 Å². The fourth-order valence-electron chi connectivity index (χ4n) is 2.19. The third kappa shape index (κ3) is 2.48. The molecule has 0 unspecified atom stereocenters. The summed E-state index contributed by atoms with van der Waals surface area (Å²) in [7, 11) is 0. The first-order valence-corrected chi connectivity index (χ1v) is 6.95. The number of aromatic nitrogens is 3. The number of carbonyl (C=O) groups is 1. The van der Waals surface area contributed by atoms with E-state index >= 15 is 0 Å². The molecule has 0 radical (unpaired) electrons. The lowest BCUT2D eigenvalue weighted by atomic mass is 10.1. The summed E-state index contributed by atoms with van der Waals surface area (Å²) in [5, 5.41) is 10.8. The molecular formula is C15H13ClN4O. The van der Waals surface area contributed by atoms with Crippen molar-refractivity contribution in [1.29, 1.82) is 0 Å². The van der Waals surface area contributed by atoms with Crippen molar-refractivity contribution in [2.45, 2.75) is 13.3 Å². The maximum absolute atomic E-state index is 12.4. The lowest BCUT2D eigenvalue weighted by Gasteiger charge is -2.09. The summed E-state index contributed by atoms with van der Waals surface area (Å²) in [5.41, 5.74) is 2.69. The highest BCUT2D eigenvalue weighted by atomic mass is 35.5. The molecule has 2 aromatic heterocycles. The Morgan fingerprint density at radius 2 is 2.24 bits per heavy atom. The second-order valence-corrected chi connectivity index (χ2v) is 4.96. The molecule has 6 heteroatoms. The quantitative estimate of drug-likeness (QED) is 0.778. The number of aryl methyl sites for hydroxylation is 1. The zero-order valence-corrected chi connectivity index (χ0v) is 12.1. The number of amides is 1. The largest absolute Gasteiger partial charge is 0.319 e. The van der Waals surface area contributed by atoms with E-state index in [1.165, 1.54) is 0 Å². The Morgan fingerprint density at radius 3 is 3.05 bits per heavy atom. The Kier molecular flexibility index (Phi) is 3.58. The predicted molar refractivity (Wildman–Crippen MR) is 82.7 cm³/mol. The molecule has 0 aliphatic carbocycles. The second-order valence-electron chi connectivity index (χ2n) is 4.58. The summed E-state index contributed by atoms with van der Waals surface area (Å²) >= 11 is 6.29. The standard InChI is InChI=1S/C15H13ClN4O/c1-2-9-4-3-7-17-14(9)15(21)19-12-6-5-11-10(13(12)16)8-18-20-11/h3-8H,2H2,1H3,(H,18,20)(H,19,21). The zero-order chi connectivity index (χ0) is 14.8. The molecule has 0 aliphatic heterocycles. The number of anilines is 1. The number of hydrogen-bond donors (Lipinski definition) is 2. The van der Waals surface area contributed by atoms with Crippen LogP contribution in [0.1, 0.15) is 23.0 Å². The predicted octanol–water partition coefficient (Wildman–Crippen LogP) is 3.43. The fraction of sp³-hybridized carbons (Fsp3) is 0.133. The molecule has 2 heterocycles. The van der Waals surface area contributed by atoms with Gasteiger partial charge in [0.2, 0.25) is 0 Å². The van der Waals surface area contributed by atoms with E-state index < -0.39 is 0 Å². The molecule has 1 amide bonds. The third-order valence-corrected chi connectivity index (χ3v) is 3.70. The van der Waals surface area contributed by atoms with E-state index in [0.29, 0.717) is 16.4 Å². The van der Waals surface area contributed by atoms with Crippen LogP contribution in [0.3, 0.4) is 0 Å². The van der Waals surface area contributed by atoms with Crippen LogP contribution in [0.25, 0.3) is 10.9 Å². The number of rotatable bonds is 3. The van der Waals surface area contributed by atoms with Crippen molar-refractivity contribution < 1.29 is 4.79 Å². The average Bonchev–Trinajstić information content (AvgIpc) is 2.99. The number of carbonyl (C=O) groups excluding carboxylic acids is 1. The van der Waals surface area contributed by atoms with E-state index in [2.05, 4.69) is 20.5 Å². The van der Waals surface area contributed by atoms with Crippen LogP contribution in [0.5, 0.6) is 0 Å². The van der Waals surface area contributed by atoms with E-state index in [9.17, 15) is 4.79 Å². The minimum Gasteiger partial charge on any atom is -0.319 e. The maximum Gasteiger partial charge on any atom is 0.274 e. The van der Waals surface area contributed by atoms with Crippen molar-refractivity contribution in [1.82, 2.24) is 15.2 Å². The van der Waals surface area contributed by atoms with Crippen molar-refractivity contribution in [2.75, 3.05) is 5.32 Å². The summed E-state index contributed by atoms with van der Waals surface area (Å²) in [6.45, 7) is 1.98. The van der Waals surface area contributed by atoms with Crippen LogP contribution in [-0.2, 0) is 6.42 Å². The Labute approximate surface area is 126 Å². The summed E-state index contributed by atoms with van der Waals surface area (Å²) < 4.78 is 0. The number of nitrogens with one attached hydrogen (secondary N) is 2. The molecule has 0 aliphatic rings. The number of pyridine rings is 1. The number of fused-ring (bicyclic) bond motifs is 1. The topological polar surface area (TPSA) is 70.7 Å². The Balaban J connectivity index is 1.94. The molecule has 0 bridgehead atoms. The lowest BCUT2D eigenvalue weighted by Crippen LogP contribution is -2.16. The Morgan fingerprint density at radius 1 is 1.38 bits per heavy atom. The van der Waals surface area contributed by atoms with Gasteiger partial charge in [-0.05, 0) is 30.2 Å². The van der Waals surface area contributed by atoms with Crippen molar-refractivity contribution in [3.63, 3.8) is 0 Å². The van der Waals surface area contributed by atoms with Gasteiger partial charge in [0.25, 0.3) is 5.91 Å². The Hall–Kier alpha value is -2.40. The smallest absolute Gasteiger partial charge is 0.274 e. The van der Waals surface area contributed by atoms with Gasteiger partial charge >= 0.3 is 0 Å². The number of H-pyrrole nitrogens is 1. The molecule has 5 nitrogen and oxygen atoms in total. The first-order chi connectivity index (χ1) is 10.2. The fourth-order valence-corrected chi connectivity index (χ4v) is 2.45. The van der Waals surface area contributed by atoms with Crippen molar-refractivity contribution >= 4 is 34.1 Å². The molecule has 0 saturated carbocycles. The van der Waals surface area contributed by atoms with E-state index in [4.69, 9.17) is 11.6 Å². The van der Waals surface area contributed by atoms with Crippen molar-refractivity contribution in [3.8, 4) is 0 Å². The van der Waals surface area contributed by atoms with E-state index in [-0.39, 0.29) is 5.91 Å². The van der Waals surface area contributed by atoms with Gasteiger partial charge < -0.3 is 5.32 Å². The highest BCUT2D eigenvalue weighted by Gasteiger charge is 2.14. The highest BCUT2D eigenvalue weighted by Crippen LogP contribution is 2.30. The molecule has 3 rings (SSSR count). The van der Waals surface area contributed by atoms with Gasteiger partial charge in [-0.2, -0.15) is 5.10 Å². The summed E-state index contributed by atoms with van der Waals surface area (Å²) in [6.07, 6.45) is 3.98. The molecule has 0 spiro atoms. The van der Waals surface area contributed by atoms with Gasteiger partial charge in [0, 0.05) is 11.6 Å². The number of nitrogens with zero attached hydrogens (tertiary/aromatic N) is 2. The van der Waals surface area contributed by atoms with Gasteiger partial charge in [0.05, 0.1) is 22.4 Å². The van der Waals surface area contributed by atoms with Gasteiger partial charge in [0.1, 0.15) is 5.69 Å². The molecular weight excluding hydrogens is 288 g/mol. The molecule has 21 heavy (non-hydrogen) atoms. The molecule has 0 atom stereocenters. The molecule has 106 valence electrons. The van der Waals surface area contributed by atoms with Crippen LogP contribution in [-0.4, -0.2) is 21.1 Å². The first kappa shape index (κ1) is 13.6. The van der Waals surface area contributed by atoms with Crippen LogP contribution in [0.2, 0.25) is 5.02 Å². The maximum atomic E-state index is 12.4. The summed E-state index contributed by atoms with van der Waals surface area (Å²) in [6, 6.07) is 7.28. The first-order valence-electron chi connectivity index (χ1n) is 6.57. The number of benzene rings is 1. The van der Waals surface area contributed by atoms with Gasteiger partial charge in [-0.15, -0.1) is 0 Å². The van der Waals surface area contributed by atoms with E-state index in [1.807, 2.05) is 25.1 Å². The molecule has 0 saturated heterocycles. The molecule has 2 N–H and O–H groups in total.